The van der Waals surface area contributed by atoms with Gasteiger partial charge in [0.25, 0.3) is 0 Å². The Morgan fingerprint density at radius 2 is 0.482 bits per heavy atom. The number of fused-ring (bicyclic) bond motifs is 14. The Hall–Kier alpha value is -13.5. The molecule has 110 heavy (non-hydrogen) atoms. The highest BCUT2D eigenvalue weighted by atomic mass is 79.9. The third kappa shape index (κ3) is 11.8. The van der Waals surface area contributed by atoms with Crippen molar-refractivity contribution < 1.29 is 18.9 Å². The van der Waals surface area contributed by atoms with E-state index in [0.29, 0.717) is 5.46 Å². The Morgan fingerprint density at radius 1 is 0.191 bits per heavy atom. The lowest BCUT2D eigenvalue weighted by Crippen LogP contribution is -2.31. The van der Waals surface area contributed by atoms with Crippen LogP contribution in [-0.4, -0.2) is 17.2 Å². The predicted molar refractivity (Wildman–Crippen MR) is 470 cm³/mol. The molecule has 0 saturated heterocycles. The molecular formula is C104H66BBrO4. The van der Waals surface area contributed by atoms with E-state index >= 15 is 0 Å². The van der Waals surface area contributed by atoms with Gasteiger partial charge < -0.3 is 18.9 Å². The lowest BCUT2D eigenvalue weighted by atomic mass is 9.72. The zero-order chi connectivity index (χ0) is 73.3. The van der Waals surface area contributed by atoms with Crippen LogP contribution in [-0.2, 0) is 0 Å². The van der Waals surface area contributed by atoms with Crippen LogP contribution >= 0.6 is 15.9 Å². The van der Waals surface area contributed by atoms with Crippen LogP contribution < -0.4 is 5.46 Å². The van der Waals surface area contributed by atoms with E-state index in [0.717, 1.165) is 75.6 Å². The molecule has 0 bridgehead atoms. The average Bonchev–Trinajstić information content (AvgIpc) is 1.03. The molecule has 0 aliphatic rings. The number of hydrogen-bond acceptors (Lipinski definition) is 4. The number of benzene rings is 20. The van der Waals surface area contributed by atoms with E-state index in [4.69, 9.17) is 8.83 Å². The monoisotopic (exact) mass is 1470 g/mol. The summed E-state index contributed by atoms with van der Waals surface area (Å²) in [5.74, 6) is 0. The zero-order valence-corrected chi connectivity index (χ0v) is 61.2. The first-order chi connectivity index (χ1) is 54.3. The van der Waals surface area contributed by atoms with Crippen LogP contribution in [0, 0.1) is 0 Å². The summed E-state index contributed by atoms with van der Waals surface area (Å²) in [6, 6.07) is 138. The number of hydrogen-bond donors (Lipinski definition) is 2. The molecule has 516 valence electrons. The maximum atomic E-state index is 10.2. The largest absolute Gasteiger partial charge is 0.489 e. The van der Waals surface area contributed by atoms with Crippen molar-refractivity contribution in [2.24, 2.45) is 0 Å². The van der Waals surface area contributed by atoms with Gasteiger partial charge in [0.15, 0.2) is 0 Å². The topological polar surface area (TPSA) is 66.7 Å². The summed E-state index contributed by atoms with van der Waals surface area (Å²) in [4.78, 5) is 0. The van der Waals surface area contributed by atoms with E-state index < -0.39 is 7.12 Å². The van der Waals surface area contributed by atoms with Gasteiger partial charge in [0.05, 0.1) is 0 Å². The predicted octanol–water partition coefficient (Wildman–Crippen LogP) is 28.2. The molecule has 0 aliphatic heterocycles. The Labute approximate surface area is 643 Å². The van der Waals surface area contributed by atoms with Gasteiger partial charge in [-0.1, -0.05) is 337 Å². The van der Waals surface area contributed by atoms with Crippen molar-refractivity contribution in [3.8, 4) is 77.9 Å². The van der Waals surface area contributed by atoms with Gasteiger partial charge in [0.1, 0.15) is 22.3 Å². The quantitative estimate of drug-likeness (QED) is 0.118. The molecule has 0 atom stereocenters. The van der Waals surface area contributed by atoms with E-state index in [1.165, 1.54) is 137 Å². The highest BCUT2D eigenvalue weighted by molar-refractivity contribution is 9.10. The third-order valence-electron chi connectivity index (χ3n) is 22.0. The van der Waals surface area contributed by atoms with Crippen LogP contribution in [0.2, 0.25) is 0 Å². The van der Waals surface area contributed by atoms with Gasteiger partial charge >= 0.3 is 7.12 Å². The second-order valence-electron chi connectivity index (χ2n) is 28.4. The molecule has 22 aromatic rings. The van der Waals surface area contributed by atoms with Crippen LogP contribution in [0.15, 0.2) is 402 Å². The van der Waals surface area contributed by atoms with Crippen LogP contribution in [0.3, 0.4) is 0 Å². The second-order valence-corrected chi connectivity index (χ2v) is 29.3. The molecule has 0 spiro atoms. The van der Waals surface area contributed by atoms with Crippen LogP contribution in [0.25, 0.3) is 208 Å². The maximum absolute atomic E-state index is 10.2. The lowest BCUT2D eigenvalue weighted by molar-refractivity contribution is 0.426. The second kappa shape index (κ2) is 27.7. The molecule has 0 saturated carbocycles. The summed E-state index contributed by atoms with van der Waals surface area (Å²) in [5.41, 5.74) is 21.0. The summed E-state index contributed by atoms with van der Waals surface area (Å²) in [6.45, 7) is 0. The van der Waals surface area contributed by atoms with E-state index in [1.54, 1.807) is 0 Å². The molecule has 4 nitrogen and oxygen atoms in total. The minimum absolute atomic E-state index is 0.553. The van der Waals surface area contributed by atoms with Gasteiger partial charge in [-0.05, 0) is 236 Å². The first kappa shape index (κ1) is 66.0. The molecule has 6 heteroatoms. The van der Waals surface area contributed by atoms with E-state index in [1.807, 2.05) is 42.5 Å². The minimum Gasteiger partial charge on any atom is -0.456 e. The Morgan fingerprint density at radius 3 is 0.900 bits per heavy atom. The summed E-state index contributed by atoms with van der Waals surface area (Å²) in [7, 11) is -1.54. The van der Waals surface area contributed by atoms with Crippen molar-refractivity contribution in [3.63, 3.8) is 0 Å². The van der Waals surface area contributed by atoms with Crippen molar-refractivity contribution in [1.82, 2.24) is 0 Å². The van der Waals surface area contributed by atoms with Crippen LogP contribution in [0.5, 0.6) is 0 Å². The van der Waals surface area contributed by atoms with Gasteiger partial charge in [-0.3, -0.25) is 0 Å². The van der Waals surface area contributed by atoms with Crippen molar-refractivity contribution in [2.75, 3.05) is 0 Å². The van der Waals surface area contributed by atoms with Crippen molar-refractivity contribution in [2.45, 2.75) is 0 Å². The number of rotatable bonds is 8. The molecule has 0 amide bonds. The Balaban J connectivity index is 0.000000118. The number of halogens is 1. The first-order valence-corrected chi connectivity index (χ1v) is 38.0. The molecule has 20 aromatic carbocycles. The number of furan rings is 2. The van der Waals surface area contributed by atoms with Gasteiger partial charge in [-0.15, -0.1) is 0 Å². The van der Waals surface area contributed by atoms with Crippen molar-refractivity contribution in [3.05, 3.63) is 393 Å². The van der Waals surface area contributed by atoms with Crippen molar-refractivity contribution >= 4 is 159 Å². The standard InChI is InChI=1S/C52H32O.C30H21BO2.C22H13BrO/c1-2-13-38-32-50-48(30-37(38)12-1)47-31-39(27-28-49(47)53-50)36-15-9-16-40(29-36)52-45-20-7-5-18-43(45)51(44-19-6-8-21-46(44)52)35-25-23-34(24-26-35)42-22-10-14-33-11-3-4-17-41(33)42;32-31(33)30-27-13-5-3-11-25(27)29(26-12-4-6-14-28(26)30)22-18-16-21(17-19-22)24-15-7-9-20-8-1-2-10-23(20)24;23-18-7-3-6-14(10-18)17-8-9-21-19(12-17)20-11-15-4-1-2-5-16(15)13-22(20)24-21/h1-32H;1-19,32-33H;1-13H. The zero-order valence-electron chi connectivity index (χ0n) is 59.6. The molecule has 0 fully saturated rings. The minimum atomic E-state index is -1.54. The van der Waals surface area contributed by atoms with Crippen LogP contribution in [0.1, 0.15) is 0 Å². The van der Waals surface area contributed by atoms with E-state index in [9.17, 15) is 10.0 Å². The van der Waals surface area contributed by atoms with Gasteiger partial charge in [0, 0.05) is 26.0 Å². The average molecular weight is 1470 g/mol. The summed E-state index contributed by atoms with van der Waals surface area (Å²) in [6.07, 6.45) is 0. The first-order valence-electron chi connectivity index (χ1n) is 37.2. The highest BCUT2D eigenvalue weighted by Gasteiger charge is 2.24. The normalized spacial score (nSPS) is 11.6. The summed E-state index contributed by atoms with van der Waals surface area (Å²) >= 11 is 3.55. The molecule has 2 aromatic heterocycles. The van der Waals surface area contributed by atoms with Gasteiger partial charge in [0.2, 0.25) is 0 Å². The fourth-order valence-electron chi connectivity index (χ4n) is 16.9. The Bertz CT molecular complexity index is 7270. The molecule has 0 radical (unpaired) electrons. The Kier molecular flexibility index (Phi) is 16.6. The van der Waals surface area contributed by atoms with E-state index in [2.05, 4.69) is 362 Å². The maximum Gasteiger partial charge on any atom is 0.489 e. The third-order valence-corrected chi connectivity index (χ3v) is 22.5. The molecule has 0 unspecified atom stereocenters. The van der Waals surface area contributed by atoms with Gasteiger partial charge in [-0.2, -0.15) is 0 Å². The van der Waals surface area contributed by atoms with Crippen molar-refractivity contribution in [1.29, 1.82) is 0 Å². The molecule has 22 rings (SSSR count). The lowest BCUT2D eigenvalue weighted by Gasteiger charge is -2.18. The smallest absolute Gasteiger partial charge is 0.456 e. The molecule has 2 N–H and O–H groups in total. The molecule has 2 heterocycles. The summed E-state index contributed by atoms with van der Waals surface area (Å²) < 4.78 is 13.5. The summed E-state index contributed by atoms with van der Waals surface area (Å²) in [5, 5.41) is 43.6. The fourth-order valence-corrected chi connectivity index (χ4v) is 17.3. The van der Waals surface area contributed by atoms with Crippen LogP contribution in [0.4, 0.5) is 0 Å². The molecule has 0 aliphatic carbocycles. The van der Waals surface area contributed by atoms with Gasteiger partial charge in [-0.25, -0.2) is 0 Å². The van der Waals surface area contributed by atoms with E-state index in [-0.39, 0.29) is 0 Å². The SMILES string of the molecule is Brc1cccc(-c2ccc3oc4cc5ccccc5cc4c3c2)c1.OB(O)c1c2ccccc2c(-c2ccc(-c3cccc4ccccc34)cc2)c2ccccc12.c1cc(-c2ccc3oc4cc5ccccc5cc4c3c2)cc(-c2c3ccccc3c(-c3ccc(-c4cccc5ccccc45)cc3)c3ccccc23)c1. The fraction of sp³-hybridized carbons (Fsp3) is 0. The molecular weight excluding hydrogens is 1400 g/mol. The highest BCUT2D eigenvalue weighted by Crippen LogP contribution is 2.47.